The molecule has 0 bridgehead atoms. The molecule has 7 heteroatoms. The van der Waals surface area contributed by atoms with Crippen molar-refractivity contribution in [3.63, 3.8) is 0 Å². The van der Waals surface area contributed by atoms with Gasteiger partial charge in [0, 0.05) is 31.8 Å². The molecular weight excluding hydrogens is 244 g/mol. The van der Waals surface area contributed by atoms with Gasteiger partial charge in [0.2, 0.25) is 6.41 Å². The van der Waals surface area contributed by atoms with E-state index in [0.29, 0.717) is 6.54 Å². The highest BCUT2D eigenvalue weighted by Crippen LogP contribution is 2.27. The molecule has 0 aliphatic carbocycles. The lowest BCUT2D eigenvalue weighted by molar-refractivity contribution is -0.120. The minimum atomic E-state index is -0.0248. The van der Waals surface area contributed by atoms with Gasteiger partial charge in [0.15, 0.2) is 5.82 Å². The van der Waals surface area contributed by atoms with Gasteiger partial charge >= 0.3 is 0 Å². The molecule has 1 aliphatic heterocycles. The van der Waals surface area contributed by atoms with E-state index in [-0.39, 0.29) is 6.04 Å². The van der Waals surface area contributed by atoms with Gasteiger partial charge in [0.05, 0.1) is 11.7 Å². The molecule has 0 saturated carbocycles. The third-order valence-electron chi connectivity index (χ3n) is 3.60. The van der Waals surface area contributed by atoms with Crippen LogP contribution in [0.15, 0.2) is 12.3 Å². The Kier molecular flexibility index (Phi) is 2.81. The maximum atomic E-state index is 11.0. The molecule has 0 aromatic carbocycles. The molecule has 0 saturated heterocycles. The van der Waals surface area contributed by atoms with Crippen LogP contribution < -0.4 is 0 Å². The highest BCUT2D eigenvalue weighted by molar-refractivity contribution is 5.49. The molecule has 0 fully saturated rings. The molecule has 0 N–H and O–H groups in total. The van der Waals surface area contributed by atoms with E-state index in [2.05, 4.69) is 15.4 Å². The highest BCUT2D eigenvalue weighted by atomic mass is 16.1. The van der Waals surface area contributed by atoms with Gasteiger partial charge in [-0.3, -0.25) is 9.48 Å². The summed E-state index contributed by atoms with van der Waals surface area (Å²) >= 11 is 0. The highest BCUT2D eigenvalue weighted by Gasteiger charge is 2.28. The van der Waals surface area contributed by atoms with E-state index in [1.807, 2.05) is 30.8 Å². The average molecular weight is 260 g/mol. The molecule has 0 radical (unpaired) electrons. The second-order valence-electron chi connectivity index (χ2n) is 4.63. The third-order valence-corrected chi connectivity index (χ3v) is 3.60. The monoisotopic (exact) mass is 260 g/mol. The number of hydrogen-bond donors (Lipinski definition) is 0. The molecule has 3 rings (SSSR count). The largest absolute Gasteiger partial charge is 0.336 e. The third kappa shape index (κ3) is 1.81. The zero-order chi connectivity index (χ0) is 13.4. The summed E-state index contributed by atoms with van der Waals surface area (Å²) in [5.74, 6) is 0.780. The van der Waals surface area contributed by atoms with Crippen molar-refractivity contribution in [2.24, 2.45) is 0 Å². The standard InChI is InChI=1S/C12H16N6O/c1-3-17-7-5-11(14-17)18-10-4-6-16(8-19)9(2)12(10)13-15-18/h5,7-9H,3-4,6H2,1-2H3. The Labute approximate surface area is 110 Å². The van der Waals surface area contributed by atoms with Crippen LogP contribution in [0.5, 0.6) is 0 Å². The molecule has 1 amide bonds. The van der Waals surface area contributed by atoms with Crippen LogP contribution in [0.25, 0.3) is 5.82 Å². The van der Waals surface area contributed by atoms with E-state index in [1.165, 1.54) is 0 Å². The van der Waals surface area contributed by atoms with Gasteiger partial charge in [-0.15, -0.1) is 5.10 Å². The Morgan fingerprint density at radius 3 is 3.05 bits per heavy atom. The molecule has 1 unspecified atom stereocenters. The first-order valence-electron chi connectivity index (χ1n) is 6.44. The van der Waals surface area contributed by atoms with Gasteiger partial charge < -0.3 is 4.90 Å². The first kappa shape index (κ1) is 11.9. The molecule has 0 spiro atoms. The van der Waals surface area contributed by atoms with Crippen LogP contribution in [0.2, 0.25) is 0 Å². The van der Waals surface area contributed by atoms with Gasteiger partial charge in [0.1, 0.15) is 5.69 Å². The number of fused-ring (bicyclic) bond motifs is 1. The smallest absolute Gasteiger partial charge is 0.210 e. The number of nitrogens with zero attached hydrogens (tertiary/aromatic N) is 6. The second kappa shape index (κ2) is 4.49. The summed E-state index contributed by atoms with van der Waals surface area (Å²) in [4.78, 5) is 12.7. The second-order valence-corrected chi connectivity index (χ2v) is 4.63. The van der Waals surface area contributed by atoms with Crippen LogP contribution in [0.3, 0.4) is 0 Å². The number of rotatable bonds is 3. The van der Waals surface area contributed by atoms with Crippen molar-refractivity contribution in [2.45, 2.75) is 32.9 Å². The van der Waals surface area contributed by atoms with Crippen LogP contribution in [0, 0.1) is 0 Å². The Morgan fingerprint density at radius 2 is 2.37 bits per heavy atom. The molecular formula is C12H16N6O. The molecule has 100 valence electrons. The fourth-order valence-electron chi connectivity index (χ4n) is 2.43. The van der Waals surface area contributed by atoms with Crippen LogP contribution >= 0.6 is 0 Å². The molecule has 2 aromatic heterocycles. The Bertz CT molecular complexity index is 601. The summed E-state index contributed by atoms with van der Waals surface area (Å²) < 4.78 is 3.63. The predicted molar refractivity (Wildman–Crippen MR) is 67.7 cm³/mol. The Hall–Kier alpha value is -2.18. The van der Waals surface area contributed by atoms with E-state index >= 15 is 0 Å². The summed E-state index contributed by atoms with van der Waals surface area (Å²) in [6, 6.07) is 1.90. The van der Waals surface area contributed by atoms with Crippen molar-refractivity contribution in [1.29, 1.82) is 0 Å². The SMILES string of the molecule is CCn1ccc(-n2nnc3c2CCN(C=O)C3C)n1. The summed E-state index contributed by atoms with van der Waals surface area (Å²) in [6.45, 7) is 5.53. The number of hydrogen-bond acceptors (Lipinski definition) is 4. The quantitative estimate of drug-likeness (QED) is 0.756. The summed E-state index contributed by atoms with van der Waals surface area (Å²) in [7, 11) is 0. The van der Waals surface area contributed by atoms with Gasteiger partial charge in [-0.1, -0.05) is 5.21 Å². The van der Waals surface area contributed by atoms with E-state index in [0.717, 1.165) is 36.6 Å². The van der Waals surface area contributed by atoms with E-state index in [4.69, 9.17) is 0 Å². The van der Waals surface area contributed by atoms with Gasteiger partial charge in [-0.25, -0.2) is 0 Å². The summed E-state index contributed by atoms with van der Waals surface area (Å²) in [5.41, 5.74) is 1.91. The van der Waals surface area contributed by atoms with Gasteiger partial charge in [-0.05, 0) is 13.8 Å². The van der Waals surface area contributed by atoms with Crippen LogP contribution in [-0.2, 0) is 17.8 Å². The minimum absolute atomic E-state index is 0.0248. The lowest BCUT2D eigenvalue weighted by Crippen LogP contribution is -2.33. The van der Waals surface area contributed by atoms with Crippen molar-refractivity contribution < 1.29 is 4.79 Å². The molecule has 2 aromatic rings. The van der Waals surface area contributed by atoms with Crippen LogP contribution in [0.4, 0.5) is 0 Å². The van der Waals surface area contributed by atoms with Crippen molar-refractivity contribution >= 4 is 6.41 Å². The summed E-state index contributed by atoms with van der Waals surface area (Å²) in [5, 5.41) is 12.8. The average Bonchev–Trinajstić information content (AvgIpc) is 3.05. The van der Waals surface area contributed by atoms with Crippen molar-refractivity contribution in [2.75, 3.05) is 6.54 Å². The normalized spacial score (nSPS) is 18.4. The number of amides is 1. The lowest BCUT2D eigenvalue weighted by Gasteiger charge is -2.28. The van der Waals surface area contributed by atoms with Gasteiger partial charge in [-0.2, -0.15) is 9.78 Å². The molecule has 7 nitrogen and oxygen atoms in total. The molecule has 1 atom stereocenters. The van der Waals surface area contributed by atoms with E-state index < -0.39 is 0 Å². The van der Waals surface area contributed by atoms with Crippen molar-refractivity contribution in [3.8, 4) is 5.82 Å². The Balaban J connectivity index is 2.00. The maximum absolute atomic E-state index is 11.0. The fraction of sp³-hybridized carbons (Fsp3) is 0.500. The van der Waals surface area contributed by atoms with Gasteiger partial charge in [0.25, 0.3) is 0 Å². The number of carbonyl (C=O) groups excluding carboxylic acids is 1. The topological polar surface area (TPSA) is 68.8 Å². The van der Waals surface area contributed by atoms with Crippen molar-refractivity contribution in [1.82, 2.24) is 29.7 Å². The predicted octanol–water partition coefficient (Wildman–Crippen LogP) is 0.559. The lowest BCUT2D eigenvalue weighted by atomic mass is 10.1. The zero-order valence-electron chi connectivity index (χ0n) is 11.0. The van der Waals surface area contributed by atoms with Crippen molar-refractivity contribution in [3.05, 3.63) is 23.7 Å². The molecule has 1 aliphatic rings. The molecule has 19 heavy (non-hydrogen) atoms. The minimum Gasteiger partial charge on any atom is -0.336 e. The van der Waals surface area contributed by atoms with Crippen LogP contribution in [-0.4, -0.2) is 42.6 Å². The van der Waals surface area contributed by atoms with E-state index in [9.17, 15) is 4.79 Å². The first-order valence-corrected chi connectivity index (χ1v) is 6.44. The maximum Gasteiger partial charge on any atom is 0.210 e. The number of carbonyl (C=O) groups is 1. The van der Waals surface area contributed by atoms with E-state index in [1.54, 1.807) is 9.58 Å². The fourth-order valence-corrected chi connectivity index (χ4v) is 2.43. The summed E-state index contributed by atoms with van der Waals surface area (Å²) in [6.07, 6.45) is 3.55. The number of aryl methyl sites for hydroxylation is 1. The van der Waals surface area contributed by atoms with Crippen LogP contribution in [0.1, 0.15) is 31.3 Å². The zero-order valence-corrected chi connectivity index (χ0v) is 11.0. The Morgan fingerprint density at radius 1 is 1.53 bits per heavy atom. The first-order chi connectivity index (χ1) is 9.24. The number of aromatic nitrogens is 5. The molecule has 3 heterocycles.